The van der Waals surface area contributed by atoms with Crippen LogP contribution in [0.4, 0.5) is 8.78 Å². The fraction of sp³-hybridized carbons (Fsp3) is 0.462. The lowest BCUT2D eigenvalue weighted by Crippen LogP contribution is -2.33. The second kappa shape index (κ2) is 4.96. The van der Waals surface area contributed by atoms with Gasteiger partial charge in [0.05, 0.1) is 17.5 Å². The lowest BCUT2D eigenvalue weighted by molar-refractivity contribution is -0.143. The van der Waals surface area contributed by atoms with Gasteiger partial charge >= 0.3 is 5.97 Å². The van der Waals surface area contributed by atoms with Crippen molar-refractivity contribution in [2.75, 3.05) is 7.11 Å². The van der Waals surface area contributed by atoms with Gasteiger partial charge in [0.15, 0.2) is 11.6 Å². The molecular weight excluding hydrogens is 278 g/mol. The smallest absolute Gasteiger partial charge is 0.314 e. The quantitative estimate of drug-likeness (QED) is 0.866. The van der Waals surface area contributed by atoms with Crippen LogP contribution < -0.4 is 4.74 Å². The van der Waals surface area contributed by atoms with Gasteiger partial charge in [0.1, 0.15) is 0 Å². The maximum Gasteiger partial charge on any atom is 0.314 e. The number of hydrogen-bond acceptors (Lipinski definition) is 2. The van der Waals surface area contributed by atoms with E-state index in [1.165, 1.54) is 7.11 Å². The van der Waals surface area contributed by atoms with Crippen molar-refractivity contribution >= 4 is 17.6 Å². The summed E-state index contributed by atoms with van der Waals surface area (Å²) in [6.45, 7) is 0. The Bertz CT molecular complexity index is 525. The molecule has 1 N–H and O–H groups in total. The number of hydrogen-bond donors (Lipinski definition) is 1. The van der Waals surface area contributed by atoms with E-state index in [1.807, 2.05) is 0 Å². The highest BCUT2D eigenvalue weighted by Gasteiger charge is 2.46. The molecule has 0 unspecified atom stereocenters. The summed E-state index contributed by atoms with van der Waals surface area (Å²) in [6, 6.07) is 1.16. The Kier molecular flexibility index (Phi) is 3.67. The molecule has 19 heavy (non-hydrogen) atoms. The molecule has 0 bridgehead atoms. The normalized spacial score (nSPS) is 17.5. The molecule has 1 aromatic rings. The van der Waals surface area contributed by atoms with Crippen LogP contribution in [0.2, 0.25) is 5.02 Å². The number of carboxylic acid groups (broad SMARTS) is 1. The second-order valence-electron chi connectivity index (χ2n) is 4.66. The fourth-order valence-electron chi connectivity index (χ4n) is 2.71. The number of carboxylic acids is 1. The highest BCUT2D eigenvalue weighted by Crippen LogP contribution is 2.47. The molecule has 0 atom stereocenters. The van der Waals surface area contributed by atoms with E-state index in [0.717, 1.165) is 6.07 Å². The van der Waals surface area contributed by atoms with Gasteiger partial charge < -0.3 is 9.84 Å². The molecule has 6 heteroatoms. The lowest BCUT2D eigenvalue weighted by Gasteiger charge is -2.26. The van der Waals surface area contributed by atoms with Gasteiger partial charge in [-0.2, -0.15) is 4.39 Å². The van der Waals surface area contributed by atoms with Crippen molar-refractivity contribution in [1.82, 2.24) is 0 Å². The summed E-state index contributed by atoms with van der Waals surface area (Å²) in [4.78, 5) is 11.6. The van der Waals surface area contributed by atoms with Crippen LogP contribution >= 0.6 is 11.6 Å². The minimum atomic E-state index is -1.25. The largest absolute Gasteiger partial charge is 0.493 e. The van der Waals surface area contributed by atoms with E-state index in [0.29, 0.717) is 25.7 Å². The maximum absolute atomic E-state index is 13.8. The zero-order valence-electron chi connectivity index (χ0n) is 10.3. The highest BCUT2D eigenvalue weighted by atomic mass is 35.5. The first-order valence-corrected chi connectivity index (χ1v) is 6.27. The molecule has 1 saturated carbocycles. The number of carbonyl (C=O) groups is 1. The van der Waals surface area contributed by atoms with Crippen molar-refractivity contribution in [3.8, 4) is 5.75 Å². The molecule has 0 aliphatic heterocycles. The van der Waals surface area contributed by atoms with Crippen LogP contribution in [0.5, 0.6) is 5.75 Å². The predicted molar refractivity (Wildman–Crippen MR) is 65.7 cm³/mol. The number of methoxy groups -OCH3 is 1. The first-order chi connectivity index (χ1) is 8.94. The van der Waals surface area contributed by atoms with Gasteiger partial charge in [-0.15, -0.1) is 0 Å². The third-order valence-electron chi connectivity index (χ3n) is 3.70. The third kappa shape index (κ3) is 2.06. The van der Waals surface area contributed by atoms with E-state index in [4.69, 9.17) is 16.3 Å². The van der Waals surface area contributed by atoms with E-state index in [-0.39, 0.29) is 11.3 Å². The molecule has 0 heterocycles. The Morgan fingerprint density at radius 1 is 1.37 bits per heavy atom. The molecule has 0 spiro atoms. The monoisotopic (exact) mass is 290 g/mol. The highest BCUT2D eigenvalue weighted by molar-refractivity contribution is 6.30. The third-order valence-corrected chi connectivity index (χ3v) is 3.98. The molecule has 1 aliphatic rings. The summed E-state index contributed by atoms with van der Waals surface area (Å²) in [5.74, 6) is -3.89. The second-order valence-corrected chi connectivity index (χ2v) is 5.07. The Labute approximate surface area is 114 Å². The summed E-state index contributed by atoms with van der Waals surface area (Å²) < 4.78 is 32.1. The number of aliphatic carboxylic acids is 1. The van der Waals surface area contributed by atoms with E-state index >= 15 is 0 Å². The number of benzene rings is 1. The minimum absolute atomic E-state index is 0.115. The molecule has 1 fully saturated rings. The van der Waals surface area contributed by atoms with Crippen molar-refractivity contribution in [3.63, 3.8) is 0 Å². The Morgan fingerprint density at radius 3 is 2.42 bits per heavy atom. The van der Waals surface area contributed by atoms with Crippen LogP contribution in [-0.4, -0.2) is 18.2 Å². The predicted octanol–water partition coefficient (Wildman–Crippen LogP) is 3.52. The minimum Gasteiger partial charge on any atom is -0.493 e. The van der Waals surface area contributed by atoms with Gasteiger partial charge in [-0.3, -0.25) is 4.79 Å². The summed E-state index contributed by atoms with van der Waals surface area (Å²) in [5, 5.41) is 9.04. The van der Waals surface area contributed by atoms with Gasteiger partial charge in [-0.05, 0) is 18.9 Å². The molecule has 0 amide bonds. The number of rotatable bonds is 3. The molecule has 0 saturated heterocycles. The van der Waals surface area contributed by atoms with Gasteiger partial charge in [0.2, 0.25) is 5.82 Å². The molecular formula is C13H13ClF2O3. The average Bonchev–Trinajstić information content (AvgIpc) is 2.86. The molecule has 0 aromatic heterocycles. The molecule has 3 nitrogen and oxygen atoms in total. The summed E-state index contributed by atoms with van der Waals surface area (Å²) in [6.07, 6.45) is 2.15. The van der Waals surface area contributed by atoms with E-state index < -0.39 is 28.0 Å². The lowest BCUT2D eigenvalue weighted by atomic mass is 9.78. The van der Waals surface area contributed by atoms with Crippen molar-refractivity contribution in [1.29, 1.82) is 0 Å². The van der Waals surface area contributed by atoms with E-state index in [1.54, 1.807) is 0 Å². The standard InChI is InChI=1S/C13H13ClF2O3/c1-19-11-7(6-8(14)9(15)10(11)16)13(12(17)18)4-2-3-5-13/h6H,2-5H2,1H3,(H,17,18). The van der Waals surface area contributed by atoms with Crippen LogP contribution in [0.3, 0.4) is 0 Å². The zero-order chi connectivity index (χ0) is 14.2. The van der Waals surface area contributed by atoms with Crippen molar-refractivity contribution < 1.29 is 23.4 Å². The molecule has 104 valence electrons. The van der Waals surface area contributed by atoms with Crippen LogP contribution in [0.15, 0.2) is 6.07 Å². The number of ether oxygens (including phenoxy) is 1. The maximum atomic E-state index is 13.8. The van der Waals surface area contributed by atoms with E-state index in [9.17, 15) is 18.7 Å². The van der Waals surface area contributed by atoms with Crippen LogP contribution in [-0.2, 0) is 10.2 Å². The van der Waals surface area contributed by atoms with Crippen LogP contribution in [0.1, 0.15) is 31.2 Å². The van der Waals surface area contributed by atoms with Crippen molar-refractivity contribution in [3.05, 3.63) is 28.3 Å². The first-order valence-electron chi connectivity index (χ1n) is 5.89. The average molecular weight is 291 g/mol. The van der Waals surface area contributed by atoms with Gasteiger partial charge in [-0.25, -0.2) is 4.39 Å². The molecule has 1 aliphatic carbocycles. The Morgan fingerprint density at radius 2 is 1.95 bits per heavy atom. The summed E-state index contributed by atoms with van der Waals surface area (Å²) in [5.41, 5.74) is -1.13. The number of halogens is 3. The van der Waals surface area contributed by atoms with Crippen molar-refractivity contribution in [2.45, 2.75) is 31.1 Å². The van der Waals surface area contributed by atoms with E-state index in [2.05, 4.69) is 0 Å². The van der Waals surface area contributed by atoms with Crippen LogP contribution in [0.25, 0.3) is 0 Å². The Hall–Kier alpha value is -1.36. The SMILES string of the molecule is COc1c(C2(C(=O)O)CCCC2)cc(Cl)c(F)c1F. The first kappa shape index (κ1) is 14.1. The van der Waals surface area contributed by atoms with Crippen molar-refractivity contribution in [2.24, 2.45) is 0 Å². The van der Waals surface area contributed by atoms with Gasteiger partial charge in [-0.1, -0.05) is 24.4 Å². The Balaban J connectivity index is 2.70. The summed E-state index contributed by atoms with van der Waals surface area (Å²) >= 11 is 5.63. The summed E-state index contributed by atoms with van der Waals surface area (Å²) in [7, 11) is 1.18. The zero-order valence-corrected chi connectivity index (χ0v) is 11.1. The molecule has 2 rings (SSSR count). The molecule has 1 aromatic carbocycles. The van der Waals surface area contributed by atoms with Gasteiger partial charge in [0, 0.05) is 5.56 Å². The van der Waals surface area contributed by atoms with Gasteiger partial charge in [0.25, 0.3) is 0 Å². The van der Waals surface area contributed by atoms with Crippen LogP contribution in [0, 0.1) is 11.6 Å². The topological polar surface area (TPSA) is 46.5 Å². The molecule has 0 radical (unpaired) electrons. The fourth-order valence-corrected chi connectivity index (χ4v) is 2.90.